The first-order chi connectivity index (χ1) is 9.10. The fourth-order valence-electron chi connectivity index (χ4n) is 1.37. The molecule has 0 amide bonds. The smallest absolute Gasteiger partial charge is 0.343 e. The molecule has 1 aliphatic rings. The number of carboxylic acids is 1. The van der Waals surface area contributed by atoms with Crippen LogP contribution in [0.2, 0.25) is 0 Å². The minimum atomic E-state index is -0.906. The van der Waals surface area contributed by atoms with Gasteiger partial charge < -0.3 is 9.84 Å². The number of ether oxygens (including phenoxy) is 1. The van der Waals surface area contributed by atoms with Crippen LogP contribution in [0.3, 0.4) is 0 Å². The average molecular weight is 310 g/mol. The van der Waals surface area contributed by atoms with Crippen molar-refractivity contribution in [2.24, 2.45) is 0 Å². The van der Waals surface area contributed by atoms with Crippen molar-refractivity contribution in [2.75, 3.05) is 7.11 Å². The van der Waals surface area contributed by atoms with Crippen LogP contribution in [0.5, 0.6) is 5.75 Å². The van der Waals surface area contributed by atoms with E-state index in [0.717, 1.165) is 15.6 Å². The summed E-state index contributed by atoms with van der Waals surface area (Å²) in [7, 11) is 1.61. The van der Waals surface area contributed by atoms with Crippen molar-refractivity contribution in [3.05, 3.63) is 50.5 Å². The standard InChI is InChI=1S/C13H10O3S3/c1-16-9-4-2-8(3-5-9)10(17)6-12-18-7-11(19-12)13(14)15/h2-7H,1H3,(H,14,15)/b12-6-. The van der Waals surface area contributed by atoms with E-state index in [1.807, 2.05) is 30.3 Å². The summed E-state index contributed by atoms with van der Waals surface area (Å²) in [6.07, 6.45) is 1.82. The van der Waals surface area contributed by atoms with Gasteiger partial charge in [-0.2, -0.15) is 0 Å². The van der Waals surface area contributed by atoms with Gasteiger partial charge in [-0.3, -0.25) is 0 Å². The minimum absolute atomic E-state index is 0.328. The number of aliphatic carboxylic acids is 1. The van der Waals surface area contributed by atoms with Gasteiger partial charge in [0.15, 0.2) is 0 Å². The third-order valence-electron chi connectivity index (χ3n) is 2.33. The summed E-state index contributed by atoms with van der Waals surface area (Å²) in [5.41, 5.74) is 0.910. The van der Waals surface area contributed by atoms with E-state index in [2.05, 4.69) is 0 Å². The second kappa shape index (κ2) is 6.27. The molecule has 0 unspecified atom stereocenters. The van der Waals surface area contributed by atoms with E-state index in [1.54, 1.807) is 12.5 Å². The van der Waals surface area contributed by atoms with Crippen LogP contribution < -0.4 is 4.74 Å². The Morgan fingerprint density at radius 2 is 2.05 bits per heavy atom. The van der Waals surface area contributed by atoms with Gasteiger partial charge in [0, 0.05) is 4.86 Å². The van der Waals surface area contributed by atoms with Gasteiger partial charge in [-0.25, -0.2) is 4.79 Å². The van der Waals surface area contributed by atoms with Crippen molar-refractivity contribution in [3.8, 4) is 5.75 Å². The first kappa shape index (κ1) is 14.2. The lowest BCUT2D eigenvalue weighted by molar-refractivity contribution is -0.131. The predicted molar refractivity (Wildman–Crippen MR) is 83.7 cm³/mol. The maximum absolute atomic E-state index is 10.8. The molecule has 0 saturated heterocycles. The van der Waals surface area contributed by atoms with Gasteiger partial charge in [0.1, 0.15) is 10.7 Å². The number of methoxy groups -OCH3 is 1. The third-order valence-corrected chi connectivity index (χ3v) is 4.90. The zero-order valence-electron chi connectivity index (χ0n) is 9.95. The number of rotatable bonds is 4. The van der Waals surface area contributed by atoms with Crippen LogP contribution in [-0.2, 0) is 4.79 Å². The fourth-order valence-corrected chi connectivity index (χ4v) is 3.71. The number of hydrogen-bond donors (Lipinski definition) is 1. The number of benzene rings is 1. The van der Waals surface area contributed by atoms with E-state index in [-0.39, 0.29) is 0 Å². The summed E-state index contributed by atoms with van der Waals surface area (Å²) in [6.45, 7) is 0. The Kier molecular flexibility index (Phi) is 4.68. The number of carboxylic acid groups (broad SMARTS) is 1. The molecule has 2 rings (SSSR count). The summed E-state index contributed by atoms with van der Waals surface area (Å²) >= 11 is 7.93. The SMILES string of the molecule is COc1ccc(C(=S)/C=C2/SC=C(C(=O)O)S2)cc1. The fraction of sp³-hybridized carbons (Fsp3) is 0.0769. The molecular weight excluding hydrogens is 300 g/mol. The molecule has 1 aliphatic heterocycles. The van der Waals surface area contributed by atoms with Crippen molar-refractivity contribution < 1.29 is 14.6 Å². The molecule has 98 valence electrons. The molecule has 1 heterocycles. The Morgan fingerprint density at radius 1 is 1.37 bits per heavy atom. The van der Waals surface area contributed by atoms with E-state index in [1.165, 1.54) is 23.5 Å². The van der Waals surface area contributed by atoms with E-state index in [0.29, 0.717) is 9.77 Å². The zero-order valence-corrected chi connectivity index (χ0v) is 12.4. The van der Waals surface area contributed by atoms with Crippen LogP contribution in [0.25, 0.3) is 0 Å². The lowest BCUT2D eigenvalue weighted by atomic mass is 10.1. The third kappa shape index (κ3) is 3.62. The summed E-state index contributed by atoms with van der Waals surface area (Å²) in [5.74, 6) is -0.130. The molecule has 1 aromatic rings. The Hall–Kier alpha value is -1.24. The zero-order chi connectivity index (χ0) is 13.8. The van der Waals surface area contributed by atoms with Crippen molar-refractivity contribution in [3.63, 3.8) is 0 Å². The second-order valence-electron chi connectivity index (χ2n) is 3.56. The summed E-state index contributed by atoms with van der Waals surface area (Å²) < 4.78 is 5.96. The molecule has 0 bridgehead atoms. The highest BCUT2D eigenvalue weighted by molar-refractivity contribution is 8.28. The second-order valence-corrected chi connectivity index (χ2v) is 6.26. The molecule has 3 nitrogen and oxygen atoms in total. The first-order valence-corrected chi connectivity index (χ1v) is 7.38. The van der Waals surface area contributed by atoms with E-state index >= 15 is 0 Å². The lowest BCUT2D eigenvalue weighted by Crippen LogP contribution is -1.94. The van der Waals surface area contributed by atoms with Crippen molar-refractivity contribution in [1.29, 1.82) is 0 Å². The Morgan fingerprint density at radius 3 is 2.58 bits per heavy atom. The monoisotopic (exact) mass is 310 g/mol. The van der Waals surface area contributed by atoms with Gasteiger partial charge in [-0.05, 0) is 41.3 Å². The van der Waals surface area contributed by atoms with Crippen LogP contribution in [0.1, 0.15) is 5.56 Å². The van der Waals surface area contributed by atoms with Gasteiger partial charge >= 0.3 is 5.97 Å². The van der Waals surface area contributed by atoms with Gasteiger partial charge in [-0.15, -0.1) is 0 Å². The van der Waals surface area contributed by atoms with Crippen LogP contribution >= 0.6 is 35.7 Å². The normalized spacial score (nSPS) is 16.3. The quantitative estimate of drug-likeness (QED) is 0.520. The largest absolute Gasteiger partial charge is 0.497 e. The molecule has 0 aromatic heterocycles. The van der Waals surface area contributed by atoms with Gasteiger partial charge in [0.25, 0.3) is 0 Å². The Balaban J connectivity index is 2.07. The van der Waals surface area contributed by atoms with Gasteiger partial charge in [0.05, 0.1) is 11.3 Å². The summed E-state index contributed by atoms with van der Waals surface area (Å²) in [6, 6.07) is 7.45. The highest BCUT2D eigenvalue weighted by atomic mass is 32.2. The number of thiocarbonyl (C=S) groups is 1. The lowest BCUT2D eigenvalue weighted by Gasteiger charge is -2.03. The molecule has 0 aliphatic carbocycles. The molecule has 1 N–H and O–H groups in total. The van der Waals surface area contributed by atoms with Gasteiger partial charge in [-0.1, -0.05) is 35.7 Å². The van der Waals surface area contributed by atoms with Crippen LogP contribution in [0, 0.1) is 0 Å². The van der Waals surface area contributed by atoms with E-state index < -0.39 is 5.97 Å². The maximum Gasteiger partial charge on any atom is 0.343 e. The maximum atomic E-state index is 10.8. The topological polar surface area (TPSA) is 46.5 Å². The van der Waals surface area contributed by atoms with Crippen molar-refractivity contribution in [1.82, 2.24) is 0 Å². The molecule has 0 atom stereocenters. The molecule has 19 heavy (non-hydrogen) atoms. The molecule has 0 saturated carbocycles. The average Bonchev–Trinajstić information content (AvgIpc) is 2.87. The summed E-state index contributed by atoms with van der Waals surface area (Å²) in [4.78, 5) is 11.8. The van der Waals surface area contributed by atoms with Crippen LogP contribution in [0.15, 0.2) is 44.9 Å². The Labute approximate surface area is 124 Å². The predicted octanol–water partition coefficient (Wildman–Crippen LogP) is 3.66. The van der Waals surface area contributed by atoms with Gasteiger partial charge in [0.2, 0.25) is 0 Å². The first-order valence-electron chi connectivity index (χ1n) is 5.28. The molecular formula is C13H10O3S3. The van der Waals surface area contributed by atoms with E-state index in [4.69, 9.17) is 22.1 Å². The summed E-state index contributed by atoms with van der Waals surface area (Å²) in [5, 5.41) is 10.5. The highest BCUT2D eigenvalue weighted by Crippen LogP contribution is 2.43. The number of hydrogen-bond acceptors (Lipinski definition) is 5. The number of allylic oxidation sites excluding steroid dienone is 1. The highest BCUT2D eigenvalue weighted by Gasteiger charge is 2.18. The molecule has 1 aromatic carbocycles. The number of carbonyl (C=O) groups is 1. The Bertz CT molecular complexity index is 573. The molecule has 0 spiro atoms. The van der Waals surface area contributed by atoms with E-state index in [9.17, 15) is 4.79 Å². The molecule has 0 radical (unpaired) electrons. The minimum Gasteiger partial charge on any atom is -0.497 e. The van der Waals surface area contributed by atoms with Crippen molar-refractivity contribution in [2.45, 2.75) is 0 Å². The molecule has 6 heteroatoms. The van der Waals surface area contributed by atoms with Crippen LogP contribution in [0.4, 0.5) is 0 Å². The van der Waals surface area contributed by atoms with Crippen molar-refractivity contribution >= 4 is 46.6 Å². The number of thioether (sulfide) groups is 2. The van der Waals surface area contributed by atoms with Crippen LogP contribution in [-0.4, -0.2) is 23.1 Å². The molecule has 0 fully saturated rings.